The van der Waals surface area contributed by atoms with Gasteiger partial charge in [-0.25, -0.2) is 4.79 Å². The number of carboxylic acid groups (broad SMARTS) is 1. The number of hydrogen-bond acceptors (Lipinski definition) is 2. The first-order chi connectivity index (χ1) is 6.34. The zero-order chi connectivity index (χ0) is 10.9. The highest BCUT2D eigenvalue weighted by atomic mass is 35.5. The van der Waals surface area contributed by atoms with Crippen LogP contribution in [0.1, 0.15) is 5.69 Å². The number of rotatable bonds is 3. The quantitative estimate of drug-likeness (QED) is 0.848. The standard InChI is InChI=1S/C7H7ClF2N2O2/c1-4-5(8)2-11-12(4)3-7(9,10)6(13)14/h2H,3H2,1H3,(H,13,14). The summed E-state index contributed by atoms with van der Waals surface area (Å²) in [6.07, 6.45) is 1.19. The van der Waals surface area contributed by atoms with Crippen molar-refractivity contribution in [3.8, 4) is 0 Å². The molecule has 1 rings (SSSR count). The Morgan fingerprint density at radius 2 is 2.36 bits per heavy atom. The van der Waals surface area contributed by atoms with Crippen molar-refractivity contribution in [2.75, 3.05) is 0 Å². The minimum Gasteiger partial charge on any atom is -0.477 e. The van der Waals surface area contributed by atoms with Gasteiger partial charge in [0, 0.05) is 0 Å². The number of halogens is 3. The highest BCUT2D eigenvalue weighted by Crippen LogP contribution is 2.20. The molecule has 0 saturated carbocycles. The van der Waals surface area contributed by atoms with Gasteiger partial charge in [-0.15, -0.1) is 0 Å². The smallest absolute Gasteiger partial charge is 0.376 e. The number of aliphatic carboxylic acids is 1. The van der Waals surface area contributed by atoms with Crippen molar-refractivity contribution < 1.29 is 18.7 Å². The Morgan fingerprint density at radius 3 is 2.71 bits per heavy atom. The third-order valence-electron chi connectivity index (χ3n) is 1.70. The Balaban J connectivity index is 2.89. The molecule has 0 unspecified atom stereocenters. The molecule has 0 atom stereocenters. The van der Waals surface area contributed by atoms with Gasteiger partial charge in [-0.1, -0.05) is 11.6 Å². The lowest BCUT2D eigenvalue weighted by Gasteiger charge is -2.11. The first-order valence-corrected chi connectivity index (χ1v) is 4.01. The molecule has 0 amide bonds. The SMILES string of the molecule is Cc1c(Cl)cnn1CC(F)(F)C(=O)O. The molecule has 0 aliphatic heterocycles. The third-order valence-corrected chi connectivity index (χ3v) is 2.08. The molecule has 4 nitrogen and oxygen atoms in total. The van der Waals surface area contributed by atoms with Gasteiger partial charge >= 0.3 is 11.9 Å². The van der Waals surface area contributed by atoms with Crippen molar-refractivity contribution >= 4 is 17.6 Å². The van der Waals surface area contributed by atoms with E-state index in [1.165, 1.54) is 13.1 Å². The highest BCUT2D eigenvalue weighted by molar-refractivity contribution is 6.31. The topological polar surface area (TPSA) is 55.1 Å². The Morgan fingerprint density at radius 1 is 1.79 bits per heavy atom. The van der Waals surface area contributed by atoms with Crippen molar-refractivity contribution in [3.63, 3.8) is 0 Å². The van der Waals surface area contributed by atoms with Crippen LogP contribution in [0.4, 0.5) is 8.78 Å². The van der Waals surface area contributed by atoms with Crippen LogP contribution in [0, 0.1) is 6.92 Å². The minimum absolute atomic E-state index is 0.228. The van der Waals surface area contributed by atoms with E-state index in [2.05, 4.69) is 5.10 Å². The zero-order valence-electron chi connectivity index (χ0n) is 7.17. The van der Waals surface area contributed by atoms with Gasteiger partial charge in [0.05, 0.1) is 16.9 Å². The number of nitrogens with zero attached hydrogens (tertiary/aromatic N) is 2. The van der Waals surface area contributed by atoms with Crippen LogP contribution in [-0.2, 0) is 11.3 Å². The van der Waals surface area contributed by atoms with Gasteiger partial charge in [-0.2, -0.15) is 13.9 Å². The molecule has 7 heteroatoms. The molecular formula is C7H7ClF2N2O2. The fraction of sp³-hybridized carbons (Fsp3) is 0.429. The maximum absolute atomic E-state index is 12.7. The second-order valence-corrected chi connectivity index (χ2v) is 3.15. The summed E-state index contributed by atoms with van der Waals surface area (Å²) in [6.45, 7) is 0.466. The molecule has 0 aliphatic rings. The fourth-order valence-corrected chi connectivity index (χ4v) is 0.980. The second kappa shape index (κ2) is 3.53. The van der Waals surface area contributed by atoms with Crippen LogP contribution in [-0.4, -0.2) is 26.8 Å². The van der Waals surface area contributed by atoms with Crippen molar-refractivity contribution in [3.05, 3.63) is 16.9 Å². The van der Waals surface area contributed by atoms with Gasteiger partial charge in [-0.05, 0) is 6.92 Å². The molecular weight excluding hydrogens is 218 g/mol. The molecule has 1 aromatic rings. The maximum atomic E-state index is 12.7. The monoisotopic (exact) mass is 224 g/mol. The van der Waals surface area contributed by atoms with Crippen LogP contribution in [0.25, 0.3) is 0 Å². The molecule has 1 heterocycles. The lowest BCUT2D eigenvalue weighted by atomic mass is 10.3. The molecule has 0 saturated heterocycles. The van der Waals surface area contributed by atoms with E-state index in [-0.39, 0.29) is 5.02 Å². The molecule has 1 aromatic heterocycles. The van der Waals surface area contributed by atoms with Gasteiger partial charge in [0.25, 0.3) is 0 Å². The number of carbonyl (C=O) groups is 1. The highest BCUT2D eigenvalue weighted by Gasteiger charge is 2.40. The largest absolute Gasteiger partial charge is 0.477 e. The molecule has 0 aliphatic carbocycles. The molecule has 0 aromatic carbocycles. The van der Waals surface area contributed by atoms with Crippen LogP contribution in [0.15, 0.2) is 6.20 Å². The van der Waals surface area contributed by atoms with Gasteiger partial charge < -0.3 is 5.11 Å². The van der Waals surface area contributed by atoms with E-state index in [1.807, 2.05) is 0 Å². The number of aromatic nitrogens is 2. The van der Waals surface area contributed by atoms with Crippen LogP contribution in [0.3, 0.4) is 0 Å². The molecule has 0 spiro atoms. The van der Waals surface area contributed by atoms with Crippen molar-refractivity contribution in [2.24, 2.45) is 0 Å². The molecule has 0 fully saturated rings. The third kappa shape index (κ3) is 2.01. The summed E-state index contributed by atoms with van der Waals surface area (Å²) in [4.78, 5) is 10.1. The van der Waals surface area contributed by atoms with Gasteiger partial charge in [0.15, 0.2) is 0 Å². The van der Waals surface area contributed by atoms with Crippen molar-refractivity contribution in [1.29, 1.82) is 0 Å². The van der Waals surface area contributed by atoms with E-state index in [0.29, 0.717) is 5.69 Å². The average molecular weight is 225 g/mol. The predicted octanol–water partition coefficient (Wildman–Crippen LogP) is 1.56. The number of carboxylic acids is 1. The summed E-state index contributed by atoms with van der Waals surface area (Å²) in [6, 6.07) is 0. The van der Waals surface area contributed by atoms with E-state index in [9.17, 15) is 13.6 Å². The summed E-state index contributed by atoms with van der Waals surface area (Å²) < 4.78 is 26.3. The molecule has 78 valence electrons. The summed E-state index contributed by atoms with van der Waals surface area (Å²) in [5.41, 5.74) is 0.313. The number of hydrogen-bond donors (Lipinski definition) is 1. The number of alkyl halides is 2. The minimum atomic E-state index is -3.83. The Labute approximate surface area is 83.1 Å². The van der Waals surface area contributed by atoms with Crippen molar-refractivity contribution in [2.45, 2.75) is 19.4 Å². The van der Waals surface area contributed by atoms with Crippen molar-refractivity contribution in [1.82, 2.24) is 9.78 Å². The van der Waals surface area contributed by atoms with Crippen LogP contribution >= 0.6 is 11.6 Å². The van der Waals surface area contributed by atoms with Crippen LogP contribution in [0.5, 0.6) is 0 Å². The molecule has 1 N–H and O–H groups in total. The first-order valence-electron chi connectivity index (χ1n) is 3.63. The van der Waals surface area contributed by atoms with Gasteiger partial charge in [0.1, 0.15) is 6.54 Å². The summed E-state index contributed by atoms with van der Waals surface area (Å²) >= 11 is 5.56. The second-order valence-electron chi connectivity index (χ2n) is 2.75. The normalized spacial score (nSPS) is 11.7. The van der Waals surface area contributed by atoms with Gasteiger partial charge in [-0.3, -0.25) is 4.68 Å². The van der Waals surface area contributed by atoms with E-state index in [4.69, 9.17) is 16.7 Å². The van der Waals surface area contributed by atoms with E-state index in [1.54, 1.807) is 0 Å². The Kier molecular flexibility index (Phi) is 2.75. The lowest BCUT2D eigenvalue weighted by molar-refractivity contribution is -0.167. The summed E-state index contributed by atoms with van der Waals surface area (Å²) in [5, 5.41) is 11.9. The Bertz CT molecular complexity index is 365. The fourth-order valence-electron chi connectivity index (χ4n) is 0.839. The van der Waals surface area contributed by atoms with E-state index in [0.717, 1.165) is 4.68 Å². The average Bonchev–Trinajstić information content (AvgIpc) is 2.35. The first kappa shape index (κ1) is 10.9. The lowest BCUT2D eigenvalue weighted by Crippen LogP contribution is -2.34. The van der Waals surface area contributed by atoms with E-state index < -0.39 is 18.4 Å². The van der Waals surface area contributed by atoms with Crippen LogP contribution < -0.4 is 0 Å². The Hall–Kier alpha value is -1.17. The predicted molar refractivity (Wildman–Crippen MR) is 44.6 cm³/mol. The summed E-state index contributed by atoms with van der Waals surface area (Å²) in [7, 11) is 0. The molecule has 14 heavy (non-hydrogen) atoms. The van der Waals surface area contributed by atoms with E-state index >= 15 is 0 Å². The van der Waals surface area contributed by atoms with Crippen LogP contribution in [0.2, 0.25) is 5.02 Å². The van der Waals surface area contributed by atoms with Gasteiger partial charge in [0.2, 0.25) is 0 Å². The summed E-state index contributed by atoms with van der Waals surface area (Å²) in [5.74, 6) is -6.01. The molecule has 0 bridgehead atoms. The maximum Gasteiger partial charge on any atom is 0.376 e. The molecule has 0 radical (unpaired) electrons. The zero-order valence-corrected chi connectivity index (χ0v) is 7.92.